The number of piperidine rings is 1. The first-order chi connectivity index (χ1) is 9.17. The summed E-state index contributed by atoms with van der Waals surface area (Å²) in [7, 11) is 1.51. The molecule has 1 heterocycles. The zero-order chi connectivity index (χ0) is 13.8. The van der Waals surface area contributed by atoms with Crippen LogP contribution in [0, 0.1) is 0 Å². The van der Waals surface area contributed by atoms with Crippen LogP contribution in [-0.2, 0) is 0 Å². The van der Waals surface area contributed by atoms with Crippen LogP contribution in [0.4, 0.5) is 0 Å². The Balaban J connectivity index is 2.27. The van der Waals surface area contributed by atoms with Gasteiger partial charge in [0.25, 0.3) is 5.91 Å². The molecule has 0 radical (unpaired) electrons. The Morgan fingerprint density at radius 3 is 2.95 bits per heavy atom. The molecular weight excluding hydrogens is 246 g/mol. The fourth-order valence-corrected chi connectivity index (χ4v) is 2.43. The Morgan fingerprint density at radius 2 is 2.26 bits per heavy atom. The third-order valence-corrected chi connectivity index (χ3v) is 3.53. The second-order valence-electron chi connectivity index (χ2n) is 4.71. The van der Waals surface area contributed by atoms with Crippen LogP contribution in [0.3, 0.4) is 0 Å². The van der Waals surface area contributed by atoms with Crippen molar-refractivity contribution in [3.8, 4) is 11.5 Å². The molecule has 0 saturated carbocycles. The van der Waals surface area contributed by atoms with Crippen LogP contribution in [0.25, 0.3) is 0 Å². The highest BCUT2D eigenvalue weighted by Crippen LogP contribution is 2.27. The van der Waals surface area contributed by atoms with Crippen molar-refractivity contribution < 1.29 is 19.7 Å². The molecule has 0 aliphatic carbocycles. The normalized spacial score (nSPS) is 19.3. The first kappa shape index (κ1) is 13.7. The highest BCUT2D eigenvalue weighted by atomic mass is 16.5. The molecule has 19 heavy (non-hydrogen) atoms. The second-order valence-corrected chi connectivity index (χ2v) is 4.71. The number of amides is 1. The van der Waals surface area contributed by atoms with Gasteiger partial charge in [-0.1, -0.05) is 0 Å². The molecule has 2 N–H and O–H groups in total. The van der Waals surface area contributed by atoms with Crippen molar-refractivity contribution in [2.24, 2.45) is 0 Å². The van der Waals surface area contributed by atoms with Crippen molar-refractivity contribution in [2.45, 2.75) is 25.3 Å². The third kappa shape index (κ3) is 2.81. The SMILES string of the molecule is COc1ccc(O)c(C(=O)N2CCCCC2CO)c1. The second kappa shape index (κ2) is 5.93. The Bertz CT molecular complexity index is 461. The lowest BCUT2D eigenvalue weighted by Gasteiger charge is -2.34. The van der Waals surface area contributed by atoms with Gasteiger partial charge >= 0.3 is 0 Å². The van der Waals surface area contributed by atoms with Gasteiger partial charge in [-0.25, -0.2) is 0 Å². The first-order valence-corrected chi connectivity index (χ1v) is 6.46. The van der Waals surface area contributed by atoms with Crippen LogP contribution in [0.2, 0.25) is 0 Å². The summed E-state index contributed by atoms with van der Waals surface area (Å²) in [6.45, 7) is 0.567. The number of benzene rings is 1. The van der Waals surface area contributed by atoms with E-state index in [4.69, 9.17) is 4.74 Å². The fourth-order valence-electron chi connectivity index (χ4n) is 2.43. The van der Waals surface area contributed by atoms with Crippen molar-refractivity contribution in [2.75, 3.05) is 20.3 Å². The van der Waals surface area contributed by atoms with E-state index in [2.05, 4.69) is 0 Å². The van der Waals surface area contributed by atoms with Gasteiger partial charge in [-0.3, -0.25) is 4.79 Å². The topological polar surface area (TPSA) is 70.0 Å². The molecule has 5 nitrogen and oxygen atoms in total. The summed E-state index contributed by atoms with van der Waals surface area (Å²) in [5, 5.41) is 19.2. The molecule has 1 aromatic rings. The summed E-state index contributed by atoms with van der Waals surface area (Å²) < 4.78 is 5.07. The molecule has 1 aromatic carbocycles. The van der Waals surface area contributed by atoms with Gasteiger partial charge in [0.2, 0.25) is 0 Å². The molecule has 1 atom stereocenters. The van der Waals surface area contributed by atoms with E-state index >= 15 is 0 Å². The smallest absolute Gasteiger partial charge is 0.258 e. The van der Waals surface area contributed by atoms with Gasteiger partial charge in [0.05, 0.1) is 25.3 Å². The number of ether oxygens (including phenoxy) is 1. The molecule has 1 aliphatic heterocycles. The van der Waals surface area contributed by atoms with Crippen LogP contribution in [0.5, 0.6) is 11.5 Å². The number of aliphatic hydroxyl groups is 1. The molecule has 1 aliphatic rings. The Kier molecular flexibility index (Phi) is 4.27. The summed E-state index contributed by atoms with van der Waals surface area (Å²) in [5.41, 5.74) is 0.222. The highest BCUT2D eigenvalue weighted by Gasteiger charge is 2.28. The molecule has 0 bridgehead atoms. The van der Waals surface area contributed by atoms with E-state index in [1.54, 1.807) is 11.0 Å². The molecule has 1 unspecified atom stereocenters. The minimum absolute atomic E-state index is 0.0452. The number of aromatic hydroxyl groups is 1. The zero-order valence-electron chi connectivity index (χ0n) is 11.0. The number of carbonyl (C=O) groups is 1. The number of hydrogen-bond donors (Lipinski definition) is 2. The maximum Gasteiger partial charge on any atom is 0.258 e. The lowest BCUT2D eigenvalue weighted by molar-refractivity contribution is 0.0500. The average molecular weight is 265 g/mol. The molecular formula is C14H19NO4. The van der Waals surface area contributed by atoms with Crippen molar-refractivity contribution in [1.82, 2.24) is 4.90 Å². The first-order valence-electron chi connectivity index (χ1n) is 6.46. The fraction of sp³-hybridized carbons (Fsp3) is 0.500. The van der Waals surface area contributed by atoms with Crippen LogP contribution in [0.15, 0.2) is 18.2 Å². The quantitative estimate of drug-likeness (QED) is 0.866. The van der Waals surface area contributed by atoms with Gasteiger partial charge in [0, 0.05) is 6.54 Å². The Hall–Kier alpha value is -1.75. The third-order valence-electron chi connectivity index (χ3n) is 3.53. The van der Waals surface area contributed by atoms with Gasteiger partial charge in [0.15, 0.2) is 0 Å². The van der Waals surface area contributed by atoms with Crippen LogP contribution in [-0.4, -0.2) is 47.3 Å². The monoisotopic (exact) mass is 265 g/mol. The molecule has 1 fully saturated rings. The van der Waals surface area contributed by atoms with E-state index in [-0.39, 0.29) is 29.9 Å². The predicted molar refractivity (Wildman–Crippen MR) is 70.4 cm³/mol. The number of nitrogens with zero attached hydrogens (tertiary/aromatic N) is 1. The van der Waals surface area contributed by atoms with E-state index in [9.17, 15) is 15.0 Å². The van der Waals surface area contributed by atoms with Gasteiger partial charge < -0.3 is 19.8 Å². The number of phenols is 1. The summed E-state index contributed by atoms with van der Waals surface area (Å²) in [5.74, 6) is 0.210. The van der Waals surface area contributed by atoms with Crippen molar-refractivity contribution >= 4 is 5.91 Å². The van der Waals surface area contributed by atoms with Crippen LogP contribution in [0.1, 0.15) is 29.6 Å². The number of likely N-dealkylation sites (tertiary alicyclic amines) is 1. The van der Waals surface area contributed by atoms with Crippen LogP contribution < -0.4 is 4.74 Å². The van der Waals surface area contributed by atoms with Crippen molar-refractivity contribution in [1.29, 1.82) is 0 Å². The minimum atomic E-state index is -0.254. The van der Waals surface area contributed by atoms with Gasteiger partial charge in [-0.05, 0) is 37.5 Å². The van der Waals surface area contributed by atoms with Crippen molar-refractivity contribution in [3.05, 3.63) is 23.8 Å². The minimum Gasteiger partial charge on any atom is -0.507 e. The van der Waals surface area contributed by atoms with Gasteiger partial charge in [0.1, 0.15) is 11.5 Å². The number of methoxy groups -OCH3 is 1. The van der Waals surface area contributed by atoms with E-state index in [1.807, 2.05) is 0 Å². The van der Waals surface area contributed by atoms with Gasteiger partial charge in [-0.15, -0.1) is 0 Å². The maximum absolute atomic E-state index is 12.5. The van der Waals surface area contributed by atoms with E-state index in [0.717, 1.165) is 19.3 Å². The lowest BCUT2D eigenvalue weighted by Crippen LogP contribution is -2.45. The summed E-state index contributed by atoms with van der Waals surface area (Å²) >= 11 is 0. The highest BCUT2D eigenvalue weighted by molar-refractivity contribution is 5.97. The summed E-state index contributed by atoms with van der Waals surface area (Å²) in [4.78, 5) is 14.1. The number of carbonyl (C=O) groups excluding carboxylic acids is 1. The predicted octanol–water partition coefficient (Wildman–Crippen LogP) is 1.39. The lowest BCUT2D eigenvalue weighted by atomic mass is 10.0. The number of phenolic OH excluding ortho intramolecular Hbond substituents is 1. The van der Waals surface area contributed by atoms with E-state index in [0.29, 0.717) is 12.3 Å². The average Bonchev–Trinajstić information content (AvgIpc) is 2.47. The zero-order valence-corrected chi connectivity index (χ0v) is 11.0. The number of aliphatic hydroxyl groups excluding tert-OH is 1. The van der Waals surface area contributed by atoms with Crippen LogP contribution >= 0.6 is 0 Å². The molecule has 1 amide bonds. The largest absolute Gasteiger partial charge is 0.507 e. The number of rotatable bonds is 3. The molecule has 0 spiro atoms. The molecule has 5 heteroatoms. The maximum atomic E-state index is 12.5. The Morgan fingerprint density at radius 1 is 1.47 bits per heavy atom. The molecule has 0 aromatic heterocycles. The molecule has 2 rings (SSSR count). The van der Waals surface area contributed by atoms with E-state index in [1.165, 1.54) is 19.2 Å². The summed E-state index contributed by atoms with van der Waals surface area (Å²) in [6.07, 6.45) is 2.74. The Labute approximate surface area is 112 Å². The van der Waals surface area contributed by atoms with Gasteiger partial charge in [-0.2, -0.15) is 0 Å². The standard InChI is InChI=1S/C14H19NO4/c1-19-11-5-6-13(17)12(8-11)14(18)15-7-3-2-4-10(15)9-16/h5-6,8,10,16-17H,2-4,7,9H2,1H3. The van der Waals surface area contributed by atoms with Crippen molar-refractivity contribution in [3.63, 3.8) is 0 Å². The molecule has 1 saturated heterocycles. The summed E-state index contributed by atoms with van der Waals surface area (Å²) in [6, 6.07) is 4.42. The number of hydrogen-bond acceptors (Lipinski definition) is 4. The molecule has 104 valence electrons. The van der Waals surface area contributed by atoms with E-state index < -0.39 is 0 Å².